The number of allylic oxidation sites excluding steroid dienone is 2. The van der Waals surface area contributed by atoms with E-state index in [1.807, 2.05) is 65.6 Å². The van der Waals surface area contributed by atoms with Gasteiger partial charge in [0.05, 0.1) is 11.4 Å². The van der Waals surface area contributed by atoms with E-state index in [1.54, 1.807) is 13.0 Å². The Hall–Kier alpha value is -3.01. The number of benzene rings is 2. The molecule has 0 spiro atoms. The van der Waals surface area contributed by atoms with Crippen molar-refractivity contribution in [2.75, 3.05) is 18.0 Å². The summed E-state index contributed by atoms with van der Waals surface area (Å²) in [7, 11) is 0. The Morgan fingerprint density at radius 1 is 1.07 bits per heavy atom. The number of benzodiazepines with no additional fused rings is 1. The summed E-state index contributed by atoms with van der Waals surface area (Å²) in [6, 6.07) is 18.0. The highest BCUT2D eigenvalue weighted by molar-refractivity contribution is 6.19. The highest BCUT2D eigenvalue weighted by atomic mass is 16.2. The molecule has 1 aliphatic rings. The zero-order chi connectivity index (χ0) is 19.1. The van der Waals surface area contributed by atoms with Crippen LogP contribution in [0, 0.1) is 0 Å². The molecule has 1 amide bonds. The highest BCUT2D eigenvalue weighted by Gasteiger charge is 2.24. The van der Waals surface area contributed by atoms with Gasteiger partial charge in [-0.1, -0.05) is 54.6 Å². The molecule has 1 aliphatic heterocycles. The van der Waals surface area contributed by atoms with Crippen LogP contribution >= 0.6 is 0 Å². The average Bonchev–Trinajstić information content (AvgIpc) is 2.82. The van der Waals surface area contributed by atoms with Crippen molar-refractivity contribution in [1.82, 2.24) is 0 Å². The number of unbranched alkanes of at least 4 members (excludes halogenated alkanes) is 2. The number of ketones is 1. The predicted octanol–water partition coefficient (Wildman–Crippen LogP) is 4.19. The highest BCUT2D eigenvalue weighted by Crippen LogP contribution is 2.27. The zero-order valence-corrected chi connectivity index (χ0v) is 15.6. The number of fused-ring (bicyclic) bond motifs is 1. The molecule has 0 unspecified atom stereocenters. The second-order valence-electron chi connectivity index (χ2n) is 6.60. The van der Waals surface area contributed by atoms with Gasteiger partial charge < -0.3 is 4.90 Å². The van der Waals surface area contributed by atoms with Crippen LogP contribution in [0.3, 0.4) is 0 Å². The Kier molecular flexibility index (Phi) is 6.31. The topological polar surface area (TPSA) is 49.7 Å². The van der Waals surface area contributed by atoms with Gasteiger partial charge in [0.25, 0.3) is 0 Å². The number of para-hydroxylation sites is 1. The third-order valence-corrected chi connectivity index (χ3v) is 4.53. The van der Waals surface area contributed by atoms with Crippen molar-refractivity contribution in [1.29, 1.82) is 0 Å². The number of amides is 1. The molecule has 0 saturated carbocycles. The summed E-state index contributed by atoms with van der Waals surface area (Å²) >= 11 is 0. The first-order valence-corrected chi connectivity index (χ1v) is 9.33. The Morgan fingerprint density at radius 3 is 2.59 bits per heavy atom. The van der Waals surface area contributed by atoms with Crippen molar-refractivity contribution >= 4 is 23.1 Å². The first kappa shape index (κ1) is 18.8. The smallest absolute Gasteiger partial charge is 0.248 e. The van der Waals surface area contributed by atoms with Gasteiger partial charge in [0.1, 0.15) is 6.54 Å². The maximum Gasteiger partial charge on any atom is 0.248 e. The molecule has 0 N–H and O–H groups in total. The normalized spacial score (nSPS) is 14.0. The van der Waals surface area contributed by atoms with Gasteiger partial charge in [0.2, 0.25) is 5.91 Å². The van der Waals surface area contributed by atoms with Crippen LogP contribution in [0.2, 0.25) is 0 Å². The van der Waals surface area contributed by atoms with Gasteiger partial charge in [-0.2, -0.15) is 0 Å². The Labute approximate surface area is 160 Å². The first-order valence-electron chi connectivity index (χ1n) is 9.33. The van der Waals surface area contributed by atoms with Crippen LogP contribution in [-0.2, 0) is 9.59 Å². The third kappa shape index (κ3) is 4.79. The number of carbonyl (C=O) groups is 2. The molecule has 0 radical (unpaired) electrons. The van der Waals surface area contributed by atoms with Crippen LogP contribution < -0.4 is 4.90 Å². The lowest BCUT2D eigenvalue weighted by atomic mass is 10.00. The molecule has 0 saturated heterocycles. The van der Waals surface area contributed by atoms with Gasteiger partial charge >= 0.3 is 0 Å². The van der Waals surface area contributed by atoms with Gasteiger partial charge in [-0.15, -0.1) is 0 Å². The molecular formula is C23H24N2O2. The predicted molar refractivity (Wildman–Crippen MR) is 109 cm³/mol. The molecule has 0 aromatic heterocycles. The lowest BCUT2D eigenvalue weighted by Crippen LogP contribution is -2.33. The van der Waals surface area contributed by atoms with E-state index in [-0.39, 0.29) is 18.2 Å². The van der Waals surface area contributed by atoms with Crippen LogP contribution in [-0.4, -0.2) is 30.5 Å². The van der Waals surface area contributed by atoms with Crippen LogP contribution in [0.15, 0.2) is 71.7 Å². The molecule has 0 bridgehead atoms. The summed E-state index contributed by atoms with van der Waals surface area (Å²) in [5.74, 6) is 0.0878. The second kappa shape index (κ2) is 9.08. The number of carbonyl (C=O) groups excluding carboxylic acids is 2. The standard InChI is InChI=1S/C23H24N2O2/c1-18(26)11-5-2-3-10-16-25-21-15-9-8-14-20(21)23(24-17-22(25)27)19-12-6-4-7-13-19/h4-9,11-15H,2-3,10,16-17H2,1H3/b11-5+. The summed E-state index contributed by atoms with van der Waals surface area (Å²) in [6.45, 7) is 2.36. The minimum absolute atomic E-state index is 0.0210. The van der Waals surface area contributed by atoms with Gasteiger partial charge in [0, 0.05) is 17.7 Å². The van der Waals surface area contributed by atoms with E-state index in [2.05, 4.69) is 4.99 Å². The molecule has 138 valence electrons. The molecule has 1 heterocycles. The van der Waals surface area contributed by atoms with Crippen molar-refractivity contribution in [3.05, 3.63) is 77.9 Å². The van der Waals surface area contributed by atoms with E-state index in [4.69, 9.17) is 0 Å². The number of anilines is 1. The second-order valence-corrected chi connectivity index (χ2v) is 6.60. The minimum atomic E-state index is 0.0210. The van der Waals surface area contributed by atoms with E-state index in [1.165, 1.54) is 0 Å². The molecule has 0 aliphatic carbocycles. The fourth-order valence-electron chi connectivity index (χ4n) is 3.23. The SMILES string of the molecule is CC(=O)/C=C/CCCCN1C(=O)CN=C(c2ccccc2)c2ccccc21. The minimum Gasteiger partial charge on any atom is -0.310 e. The molecule has 2 aromatic rings. The number of hydrogen-bond donors (Lipinski definition) is 0. The van der Waals surface area contributed by atoms with Crippen LogP contribution in [0.25, 0.3) is 0 Å². The molecule has 0 fully saturated rings. The zero-order valence-electron chi connectivity index (χ0n) is 15.6. The van der Waals surface area contributed by atoms with Gasteiger partial charge in [-0.25, -0.2) is 0 Å². The van der Waals surface area contributed by atoms with Crippen molar-refractivity contribution in [2.24, 2.45) is 4.99 Å². The largest absolute Gasteiger partial charge is 0.310 e. The number of nitrogens with zero attached hydrogens (tertiary/aromatic N) is 2. The van der Waals surface area contributed by atoms with E-state index < -0.39 is 0 Å². The fourth-order valence-corrected chi connectivity index (χ4v) is 3.23. The van der Waals surface area contributed by atoms with Crippen LogP contribution in [0.4, 0.5) is 5.69 Å². The number of rotatable bonds is 7. The first-order chi connectivity index (χ1) is 13.2. The van der Waals surface area contributed by atoms with Crippen LogP contribution in [0.5, 0.6) is 0 Å². The fraction of sp³-hybridized carbons (Fsp3) is 0.261. The lowest BCUT2D eigenvalue weighted by molar-refractivity contribution is -0.117. The molecule has 2 aromatic carbocycles. The summed E-state index contributed by atoms with van der Waals surface area (Å²) in [4.78, 5) is 30.1. The monoisotopic (exact) mass is 360 g/mol. The molecule has 0 atom stereocenters. The van der Waals surface area contributed by atoms with Crippen molar-refractivity contribution in [3.63, 3.8) is 0 Å². The summed E-state index contributed by atoms with van der Waals surface area (Å²) < 4.78 is 0. The van der Waals surface area contributed by atoms with Gasteiger partial charge in [0.15, 0.2) is 5.78 Å². The lowest BCUT2D eigenvalue weighted by Gasteiger charge is -2.23. The molecule has 27 heavy (non-hydrogen) atoms. The summed E-state index contributed by atoms with van der Waals surface area (Å²) in [5, 5.41) is 0. The number of aliphatic imine (C=N–C) groups is 1. The Bertz CT molecular complexity index is 869. The average molecular weight is 360 g/mol. The number of hydrogen-bond acceptors (Lipinski definition) is 3. The molecule has 4 heteroatoms. The van der Waals surface area contributed by atoms with Gasteiger partial charge in [-0.3, -0.25) is 14.6 Å². The van der Waals surface area contributed by atoms with Crippen molar-refractivity contribution < 1.29 is 9.59 Å². The quantitative estimate of drug-likeness (QED) is 0.549. The van der Waals surface area contributed by atoms with E-state index in [0.717, 1.165) is 41.8 Å². The van der Waals surface area contributed by atoms with E-state index in [0.29, 0.717) is 6.54 Å². The molecule has 4 nitrogen and oxygen atoms in total. The summed E-state index contributed by atoms with van der Waals surface area (Å²) in [5.41, 5.74) is 3.80. The maximum atomic E-state index is 12.7. The molecular weight excluding hydrogens is 336 g/mol. The van der Waals surface area contributed by atoms with E-state index in [9.17, 15) is 9.59 Å². The van der Waals surface area contributed by atoms with E-state index >= 15 is 0 Å². The van der Waals surface area contributed by atoms with Crippen LogP contribution in [0.1, 0.15) is 37.3 Å². The Morgan fingerprint density at radius 2 is 1.81 bits per heavy atom. The summed E-state index contributed by atoms with van der Waals surface area (Å²) in [6.07, 6.45) is 6.16. The third-order valence-electron chi connectivity index (χ3n) is 4.53. The van der Waals surface area contributed by atoms with Crippen molar-refractivity contribution in [2.45, 2.75) is 26.2 Å². The maximum absolute atomic E-state index is 12.7. The Balaban J connectivity index is 1.78. The van der Waals surface area contributed by atoms with Gasteiger partial charge in [-0.05, 0) is 38.3 Å². The molecule has 3 rings (SSSR count). The van der Waals surface area contributed by atoms with Crippen molar-refractivity contribution in [3.8, 4) is 0 Å².